The molecule has 0 unspecified atom stereocenters. The zero-order chi connectivity index (χ0) is 15.3. The van der Waals surface area contributed by atoms with Crippen molar-refractivity contribution < 1.29 is 13.2 Å². The van der Waals surface area contributed by atoms with E-state index >= 15 is 0 Å². The molecule has 1 saturated heterocycles. The van der Waals surface area contributed by atoms with Gasteiger partial charge in [0.25, 0.3) is 0 Å². The van der Waals surface area contributed by atoms with E-state index in [9.17, 15) is 13.2 Å². The van der Waals surface area contributed by atoms with Crippen LogP contribution in [0.4, 0.5) is 0 Å². The molecule has 0 aromatic rings. The smallest absolute Gasteiger partial charge is 0.234 e. The van der Waals surface area contributed by atoms with Gasteiger partial charge >= 0.3 is 0 Å². The third-order valence-electron chi connectivity index (χ3n) is 4.69. The van der Waals surface area contributed by atoms with Gasteiger partial charge in [0.05, 0.1) is 18.1 Å². The predicted molar refractivity (Wildman–Crippen MR) is 83.9 cm³/mol. The van der Waals surface area contributed by atoms with Crippen LogP contribution in [-0.2, 0) is 14.6 Å². The molecule has 21 heavy (non-hydrogen) atoms. The van der Waals surface area contributed by atoms with Gasteiger partial charge in [-0.15, -0.1) is 0 Å². The van der Waals surface area contributed by atoms with Crippen molar-refractivity contribution in [1.29, 1.82) is 0 Å². The molecule has 122 valence electrons. The minimum Gasteiger partial charge on any atom is -0.351 e. The molecule has 1 N–H and O–H groups in total. The first-order valence-corrected chi connectivity index (χ1v) is 9.98. The van der Waals surface area contributed by atoms with Crippen molar-refractivity contribution in [3.63, 3.8) is 0 Å². The molecule has 0 aromatic heterocycles. The molecule has 0 radical (unpaired) electrons. The van der Waals surface area contributed by atoms with Crippen LogP contribution >= 0.6 is 0 Å². The van der Waals surface area contributed by atoms with Gasteiger partial charge < -0.3 is 5.32 Å². The zero-order valence-electron chi connectivity index (χ0n) is 13.0. The molecule has 1 amide bonds. The zero-order valence-corrected chi connectivity index (χ0v) is 13.8. The number of nitrogens with zero attached hydrogens (tertiary/aromatic N) is 1. The summed E-state index contributed by atoms with van der Waals surface area (Å²) in [5.41, 5.74) is 0. The van der Waals surface area contributed by atoms with Crippen LogP contribution in [0, 0.1) is 0 Å². The Balaban J connectivity index is 1.75. The van der Waals surface area contributed by atoms with Gasteiger partial charge in [0.2, 0.25) is 5.91 Å². The number of rotatable bonds is 4. The van der Waals surface area contributed by atoms with E-state index in [1.807, 2.05) is 7.05 Å². The minimum atomic E-state index is -2.93. The van der Waals surface area contributed by atoms with E-state index in [1.54, 1.807) is 0 Å². The Morgan fingerprint density at radius 2 is 1.71 bits per heavy atom. The van der Waals surface area contributed by atoms with E-state index in [1.165, 1.54) is 44.9 Å². The topological polar surface area (TPSA) is 66.5 Å². The maximum Gasteiger partial charge on any atom is 0.234 e. The van der Waals surface area contributed by atoms with E-state index in [4.69, 9.17) is 0 Å². The molecule has 6 heteroatoms. The normalized spacial score (nSPS) is 27.2. The summed E-state index contributed by atoms with van der Waals surface area (Å²) in [5, 5.41) is 2.87. The van der Waals surface area contributed by atoms with Crippen LogP contribution in [-0.4, -0.2) is 56.4 Å². The van der Waals surface area contributed by atoms with E-state index in [-0.39, 0.29) is 23.5 Å². The number of hydrogen-bond acceptors (Lipinski definition) is 4. The molecule has 0 aromatic carbocycles. The van der Waals surface area contributed by atoms with Crippen LogP contribution in [0.25, 0.3) is 0 Å². The van der Waals surface area contributed by atoms with Crippen molar-refractivity contribution in [2.75, 3.05) is 25.1 Å². The summed E-state index contributed by atoms with van der Waals surface area (Å²) in [4.78, 5) is 14.2. The van der Waals surface area contributed by atoms with E-state index < -0.39 is 9.84 Å². The van der Waals surface area contributed by atoms with E-state index in [0.717, 1.165) is 0 Å². The highest BCUT2D eigenvalue weighted by Gasteiger charge is 2.29. The Kier molecular flexibility index (Phi) is 6.05. The van der Waals surface area contributed by atoms with Crippen molar-refractivity contribution in [3.05, 3.63) is 0 Å². The second kappa shape index (κ2) is 7.58. The van der Waals surface area contributed by atoms with E-state index in [0.29, 0.717) is 19.0 Å². The molecule has 1 aliphatic heterocycles. The molecule has 1 heterocycles. The molecule has 2 fully saturated rings. The predicted octanol–water partition coefficient (Wildman–Crippen LogP) is 1.33. The Labute approximate surface area is 128 Å². The highest BCUT2D eigenvalue weighted by molar-refractivity contribution is 7.91. The maximum absolute atomic E-state index is 12.1. The van der Waals surface area contributed by atoms with Gasteiger partial charge in [-0.1, -0.05) is 32.1 Å². The fraction of sp³-hybridized carbons (Fsp3) is 0.933. The van der Waals surface area contributed by atoms with Gasteiger partial charge in [-0.25, -0.2) is 8.42 Å². The first-order chi connectivity index (χ1) is 9.96. The molecule has 0 spiro atoms. The lowest BCUT2D eigenvalue weighted by molar-refractivity contribution is -0.123. The lowest BCUT2D eigenvalue weighted by Crippen LogP contribution is -2.44. The molecular formula is C15H28N2O3S. The average molecular weight is 316 g/mol. The van der Waals surface area contributed by atoms with Crippen molar-refractivity contribution in [1.82, 2.24) is 10.2 Å². The van der Waals surface area contributed by atoms with Crippen LogP contribution in [0.2, 0.25) is 0 Å². The first-order valence-electron chi connectivity index (χ1n) is 8.16. The SMILES string of the molecule is CN(CC(=O)N[C@H]1CCS(=O)(=O)C1)C1CCCCCCC1. The lowest BCUT2D eigenvalue weighted by Gasteiger charge is -2.29. The molecule has 2 aliphatic rings. The highest BCUT2D eigenvalue weighted by Crippen LogP contribution is 2.20. The van der Waals surface area contributed by atoms with Crippen molar-refractivity contribution in [2.24, 2.45) is 0 Å². The van der Waals surface area contributed by atoms with E-state index in [2.05, 4.69) is 10.2 Å². The minimum absolute atomic E-state index is 0.0401. The number of carbonyl (C=O) groups excluding carboxylic acids is 1. The van der Waals surface area contributed by atoms with Crippen molar-refractivity contribution in [3.8, 4) is 0 Å². The molecule has 0 bridgehead atoms. The third-order valence-corrected chi connectivity index (χ3v) is 6.46. The number of likely N-dealkylation sites (N-methyl/N-ethyl adjacent to an activating group) is 1. The second-order valence-corrected chi connectivity index (χ2v) is 8.81. The van der Waals surface area contributed by atoms with Gasteiger partial charge in [0.1, 0.15) is 0 Å². The van der Waals surface area contributed by atoms with Crippen molar-refractivity contribution in [2.45, 2.75) is 63.5 Å². The number of nitrogens with one attached hydrogen (secondary N) is 1. The molecule has 2 rings (SSSR count). The molecule has 5 nitrogen and oxygen atoms in total. The third kappa shape index (κ3) is 5.58. The van der Waals surface area contributed by atoms with Gasteiger partial charge in [0.15, 0.2) is 9.84 Å². The van der Waals surface area contributed by atoms with Gasteiger partial charge in [-0.05, 0) is 26.3 Å². The molecular weight excluding hydrogens is 288 g/mol. The van der Waals surface area contributed by atoms with Crippen molar-refractivity contribution >= 4 is 15.7 Å². The monoisotopic (exact) mass is 316 g/mol. The summed E-state index contributed by atoms with van der Waals surface area (Å²) >= 11 is 0. The summed E-state index contributed by atoms with van der Waals surface area (Å²) in [6.07, 6.45) is 9.33. The summed E-state index contributed by atoms with van der Waals surface area (Å²) < 4.78 is 22.8. The molecule has 1 saturated carbocycles. The fourth-order valence-electron chi connectivity index (χ4n) is 3.41. The van der Waals surface area contributed by atoms with Gasteiger partial charge in [-0.2, -0.15) is 0 Å². The largest absolute Gasteiger partial charge is 0.351 e. The summed E-state index contributed by atoms with van der Waals surface area (Å²) in [7, 11) is -0.916. The second-order valence-electron chi connectivity index (χ2n) is 6.58. The molecule has 1 atom stereocenters. The quantitative estimate of drug-likeness (QED) is 0.850. The summed E-state index contributed by atoms with van der Waals surface area (Å²) in [6, 6.07) is 0.302. The lowest BCUT2D eigenvalue weighted by atomic mass is 9.96. The fourth-order valence-corrected chi connectivity index (χ4v) is 5.09. The van der Waals surface area contributed by atoms with Crippen LogP contribution in [0.15, 0.2) is 0 Å². The van der Waals surface area contributed by atoms with Crippen LogP contribution in [0.3, 0.4) is 0 Å². The number of sulfone groups is 1. The average Bonchev–Trinajstić information content (AvgIpc) is 2.67. The maximum atomic E-state index is 12.1. The van der Waals surface area contributed by atoms with Crippen LogP contribution < -0.4 is 5.32 Å². The summed E-state index contributed by atoms with van der Waals surface area (Å²) in [5.74, 6) is 0.268. The summed E-state index contributed by atoms with van der Waals surface area (Å²) in [6.45, 7) is 0.376. The Morgan fingerprint density at radius 3 is 2.29 bits per heavy atom. The van der Waals surface area contributed by atoms with Crippen LogP contribution in [0.1, 0.15) is 51.4 Å². The molecule has 1 aliphatic carbocycles. The Morgan fingerprint density at radius 1 is 1.10 bits per heavy atom. The van der Waals surface area contributed by atoms with Gasteiger partial charge in [-0.3, -0.25) is 9.69 Å². The highest BCUT2D eigenvalue weighted by atomic mass is 32.2. The van der Waals surface area contributed by atoms with Gasteiger partial charge in [0, 0.05) is 12.1 Å². The number of amides is 1. The Hall–Kier alpha value is -0.620. The first kappa shape index (κ1) is 16.7. The standard InChI is InChI=1S/C15H28N2O3S/c1-17(14-7-5-3-2-4-6-8-14)11-15(18)16-13-9-10-21(19,20)12-13/h13-14H,2-12H2,1H3,(H,16,18)/t13-/m0/s1. The Bertz CT molecular complexity index is 442. The van der Waals surface area contributed by atoms with Crippen LogP contribution in [0.5, 0.6) is 0 Å². The number of hydrogen-bond donors (Lipinski definition) is 1. The number of carbonyl (C=O) groups is 1.